The molecule has 2 aromatic carbocycles. The number of nitrogens with one attached hydrogen (secondary N) is 1. The fraction of sp³-hybridized carbons (Fsp3) is 0.364. The van der Waals surface area contributed by atoms with Crippen molar-refractivity contribution >= 4 is 50.7 Å². The number of anilines is 1. The Hall–Kier alpha value is -2.29. The van der Waals surface area contributed by atoms with Gasteiger partial charge in [-0.1, -0.05) is 53.0 Å². The van der Waals surface area contributed by atoms with Crippen molar-refractivity contribution in [2.45, 2.75) is 33.4 Å². The van der Waals surface area contributed by atoms with Crippen LogP contribution in [0.2, 0.25) is 10.0 Å². The number of benzene rings is 2. The second-order valence-corrected chi connectivity index (χ2v) is 10.2. The smallest absolute Gasteiger partial charge is 0.244 e. The van der Waals surface area contributed by atoms with Gasteiger partial charge in [0.1, 0.15) is 12.6 Å². The molecule has 32 heavy (non-hydrogen) atoms. The van der Waals surface area contributed by atoms with Crippen LogP contribution in [0.3, 0.4) is 0 Å². The maximum absolute atomic E-state index is 13.4. The lowest BCUT2D eigenvalue weighted by atomic mass is 10.1. The van der Waals surface area contributed by atoms with Gasteiger partial charge in [-0.25, -0.2) is 8.42 Å². The van der Waals surface area contributed by atoms with Gasteiger partial charge in [0, 0.05) is 18.1 Å². The summed E-state index contributed by atoms with van der Waals surface area (Å²) in [6, 6.07) is 11.1. The van der Waals surface area contributed by atoms with E-state index in [-0.39, 0.29) is 23.2 Å². The van der Waals surface area contributed by atoms with E-state index in [1.807, 2.05) is 31.2 Å². The number of hydrogen-bond acceptors (Lipinski definition) is 4. The second-order valence-electron chi connectivity index (χ2n) is 7.45. The number of nitrogens with zero attached hydrogens (tertiary/aromatic N) is 2. The molecule has 1 N–H and O–H groups in total. The van der Waals surface area contributed by atoms with Gasteiger partial charge in [0.2, 0.25) is 21.8 Å². The third kappa shape index (κ3) is 6.85. The zero-order chi connectivity index (χ0) is 24.1. The maximum Gasteiger partial charge on any atom is 0.244 e. The van der Waals surface area contributed by atoms with Crippen LogP contribution in [0.4, 0.5) is 5.69 Å². The summed E-state index contributed by atoms with van der Waals surface area (Å²) in [5.74, 6) is -0.870. The van der Waals surface area contributed by atoms with Gasteiger partial charge in [0.15, 0.2) is 0 Å². The largest absolute Gasteiger partial charge is 0.355 e. The summed E-state index contributed by atoms with van der Waals surface area (Å²) in [7, 11) is -3.86. The fourth-order valence-electron chi connectivity index (χ4n) is 3.19. The molecule has 0 saturated heterocycles. The van der Waals surface area contributed by atoms with Crippen LogP contribution in [-0.4, -0.2) is 50.5 Å². The predicted octanol–water partition coefficient (Wildman–Crippen LogP) is 3.62. The van der Waals surface area contributed by atoms with Crippen LogP contribution in [0, 0.1) is 6.92 Å². The number of likely N-dealkylation sites (N-methyl/N-ethyl adjacent to an activating group) is 1. The lowest BCUT2D eigenvalue weighted by Gasteiger charge is -2.31. The standard InChI is InChI=1S/C22H27Cl2N3O4S/c1-5-25-22(29)16(3)26(13-17-8-6-7-15(2)11-17)21(28)14-27(32(4,30)31)20-10-9-18(23)12-19(20)24/h6-12,16H,5,13-14H2,1-4H3,(H,25,29)/t16-/m0/s1. The molecule has 2 aromatic rings. The molecule has 0 bridgehead atoms. The SMILES string of the molecule is CCNC(=O)[C@H](C)N(Cc1cccc(C)c1)C(=O)CN(c1ccc(Cl)cc1Cl)S(C)(=O)=O. The van der Waals surface area contributed by atoms with Crippen molar-refractivity contribution in [2.75, 3.05) is 23.7 Å². The molecule has 0 heterocycles. The predicted molar refractivity (Wildman–Crippen MR) is 129 cm³/mol. The highest BCUT2D eigenvalue weighted by Gasteiger charge is 2.30. The number of amides is 2. The van der Waals surface area contributed by atoms with E-state index in [0.717, 1.165) is 21.7 Å². The lowest BCUT2D eigenvalue weighted by Crippen LogP contribution is -2.51. The van der Waals surface area contributed by atoms with Crippen LogP contribution < -0.4 is 9.62 Å². The summed E-state index contributed by atoms with van der Waals surface area (Å²) in [5, 5.41) is 3.14. The normalized spacial score (nSPS) is 12.2. The molecule has 0 aliphatic rings. The van der Waals surface area contributed by atoms with Crippen molar-refractivity contribution < 1.29 is 18.0 Å². The topological polar surface area (TPSA) is 86.8 Å². The zero-order valence-corrected chi connectivity index (χ0v) is 20.8. The lowest BCUT2D eigenvalue weighted by molar-refractivity contribution is -0.139. The van der Waals surface area contributed by atoms with Crippen LogP contribution in [0.5, 0.6) is 0 Å². The minimum absolute atomic E-state index is 0.0951. The zero-order valence-electron chi connectivity index (χ0n) is 18.4. The third-order valence-corrected chi connectivity index (χ3v) is 6.48. The minimum Gasteiger partial charge on any atom is -0.355 e. The van der Waals surface area contributed by atoms with Crippen LogP contribution in [0.15, 0.2) is 42.5 Å². The van der Waals surface area contributed by atoms with Crippen molar-refractivity contribution in [3.05, 3.63) is 63.6 Å². The third-order valence-electron chi connectivity index (χ3n) is 4.81. The molecule has 174 valence electrons. The van der Waals surface area contributed by atoms with E-state index < -0.39 is 28.5 Å². The maximum atomic E-state index is 13.4. The summed E-state index contributed by atoms with van der Waals surface area (Å²) in [5.41, 5.74) is 1.96. The Morgan fingerprint density at radius 3 is 2.38 bits per heavy atom. The van der Waals surface area contributed by atoms with Gasteiger partial charge in [0.25, 0.3) is 0 Å². The second kappa shape index (κ2) is 11.0. The number of halogens is 2. The van der Waals surface area contributed by atoms with Gasteiger partial charge in [-0.15, -0.1) is 0 Å². The van der Waals surface area contributed by atoms with Crippen LogP contribution in [0.25, 0.3) is 0 Å². The molecule has 0 radical (unpaired) electrons. The highest BCUT2D eigenvalue weighted by molar-refractivity contribution is 7.92. The van der Waals surface area contributed by atoms with Gasteiger partial charge >= 0.3 is 0 Å². The highest BCUT2D eigenvalue weighted by Crippen LogP contribution is 2.30. The van der Waals surface area contributed by atoms with E-state index in [0.29, 0.717) is 11.6 Å². The Bertz CT molecular complexity index is 1090. The molecule has 0 saturated carbocycles. The van der Waals surface area contributed by atoms with Gasteiger partial charge < -0.3 is 10.2 Å². The Labute approximate surface area is 199 Å². The number of carbonyl (C=O) groups is 2. The van der Waals surface area contributed by atoms with E-state index in [1.54, 1.807) is 13.8 Å². The molecule has 0 unspecified atom stereocenters. The molecular weight excluding hydrogens is 473 g/mol. The first-order valence-electron chi connectivity index (χ1n) is 9.99. The Morgan fingerprint density at radius 1 is 1.12 bits per heavy atom. The average Bonchev–Trinajstić information content (AvgIpc) is 2.69. The van der Waals surface area contributed by atoms with E-state index in [1.165, 1.54) is 23.1 Å². The van der Waals surface area contributed by atoms with Crippen molar-refractivity contribution in [3.8, 4) is 0 Å². The van der Waals surface area contributed by atoms with Crippen LogP contribution >= 0.6 is 23.2 Å². The molecule has 10 heteroatoms. The molecule has 0 aromatic heterocycles. The highest BCUT2D eigenvalue weighted by atomic mass is 35.5. The molecule has 0 aliphatic heterocycles. The number of hydrogen-bond donors (Lipinski definition) is 1. The molecule has 2 amide bonds. The Morgan fingerprint density at radius 2 is 1.81 bits per heavy atom. The fourth-order valence-corrected chi connectivity index (χ4v) is 4.61. The first kappa shape index (κ1) is 26.0. The monoisotopic (exact) mass is 499 g/mol. The number of sulfonamides is 1. The molecule has 7 nitrogen and oxygen atoms in total. The van der Waals surface area contributed by atoms with Gasteiger partial charge in [0.05, 0.1) is 17.0 Å². The van der Waals surface area contributed by atoms with E-state index >= 15 is 0 Å². The van der Waals surface area contributed by atoms with Gasteiger partial charge in [-0.05, 0) is 44.5 Å². The summed E-state index contributed by atoms with van der Waals surface area (Å²) in [6.07, 6.45) is 0.989. The van der Waals surface area contributed by atoms with E-state index in [9.17, 15) is 18.0 Å². The first-order valence-corrected chi connectivity index (χ1v) is 12.6. The number of aryl methyl sites for hydroxylation is 1. The van der Waals surface area contributed by atoms with Gasteiger partial charge in [-0.2, -0.15) is 0 Å². The average molecular weight is 500 g/mol. The molecule has 0 fully saturated rings. The molecule has 2 rings (SSSR count). The quantitative estimate of drug-likeness (QED) is 0.570. The summed E-state index contributed by atoms with van der Waals surface area (Å²) >= 11 is 12.1. The van der Waals surface area contributed by atoms with Crippen molar-refractivity contribution in [1.82, 2.24) is 10.2 Å². The summed E-state index contributed by atoms with van der Waals surface area (Å²) in [6.45, 7) is 5.35. The Kier molecular flexibility index (Phi) is 8.95. The van der Waals surface area contributed by atoms with Crippen molar-refractivity contribution in [1.29, 1.82) is 0 Å². The Balaban J connectivity index is 2.42. The van der Waals surface area contributed by atoms with Crippen molar-refractivity contribution in [3.63, 3.8) is 0 Å². The van der Waals surface area contributed by atoms with Crippen LogP contribution in [-0.2, 0) is 26.2 Å². The first-order chi connectivity index (χ1) is 14.9. The van der Waals surface area contributed by atoms with E-state index in [4.69, 9.17) is 23.2 Å². The molecular formula is C22H27Cl2N3O4S. The van der Waals surface area contributed by atoms with E-state index in [2.05, 4.69) is 5.32 Å². The number of carbonyl (C=O) groups excluding carboxylic acids is 2. The minimum atomic E-state index is -3.86. The molecule has 0 spiro atoms. The summed E-state index contributed by atoms with van der Waals surface area (Å²) < 4.78 is 26.0. The number of rotatable bonds is 9. The molecule has 0 aliphatic carbocycles. The van der Waals surface area contributed by atoms with Gasteiger partial charge in [-0.3, -0.25) is 13.9 Å². The summed E-state index contributed by atoms with van der Waals surface area (Å²) in [4.78, 5) is 27.2. The molecule has 1 atom stereocenters. The van der Waals surface area contributed by atoms with Crippen molar-refractivity contribution in [2.24, 2.45) is 0 Å². The van der Waals surface area contributed by atoms with Crippen LogP contribution in [0.1, 0.15) is 25.0 Å².